The van der Waals surface area contributed by atoms with Gasteiger partial charge in [0.25, 0.3) is 0 Å². The van der Waals surface area contributed by atoms with Gasteiger partial charge in [-0.15, -0.1) is 22.7 Å². The fourth-order valence-electron chi connectivity index (χ4n) is 6.80. The molecular weight excluding hydrogens is 625 g/mol. The first-order chi connectivity index (χ1) is 23.8. The molecule has 10 rings (SSSR count). The molecular formula is C43H26N2OS2. The SMILES string of the molecule is c1ccc(-c2ccc(N(c3ccc4c(c3)sc3ccccc34)c3cccc4c3sc3cc5nc(-c6ccccc6)oc5cc34)cc2)cc1. The third-order valence-corrected chi connectivity index (χ3v) is 11.4. The third-order valence-electron chi connectivity index (χ3n) is 9.10. The van der Waals surface area contributed by atoms with Crippen LogP contribution >= 0.6 is 22.7 Å². The van der Waals surface area contributed by atoms with Crippen LogP contribution in [0.15, 0.2) is 162 Å². The summed E-state index contributed by atoms with van der Waals surface area (Å²) in [6.45, 7) is 0. The molecule has 0 bridgehead atoms. The summed E-state index contributed by atoms with van der Waals surface area (Å²) in [6.07, 6.45) is 0. The Balaban J connectivity index is 1.16. The van der Waals surface area contributed by atoms with Gasteiger partial charge in [0.2, 0.25) is 5.89 Å². The van der Waals surface area contributed by atoms with E-state index < -0.39 is 0 Å². The minimum absolute atomic E-state index is 0.648. The minimum atomic E-state index is 0.648. The molecule has 10 aromatic rings. The number of benzene rings is 7. The van der Waals surface area contributed by atoms with Crippen LogP contribution in [0.5, 0.6) is 0 Å². The summed E-state index contributed by atoms with van der Waals surface area (Å²) in [6, 6.07) is 56.2. The zero-order valence-electron chi connectivity index (χ0n) is 25.6. The van der Waals surface area contributed by atoms with Crippen LogP contribution in [0.3, 0.4) is 0 Å². The van der Waals surface area contributed by atoms with Crippen LogP contribution in [0.1, 0.15) is 0 Å². The van der Waals surface area contributed by atoms with Gasteiger partial charge in [-0.05, 0) is 71.8 Å². The van der Waals surface area contributed by atoms with Gasteiger partial charge in [0.15, 0.2) is 5.58 Å². The Kier molecular flexibility index (Phi) is 6.22. The molecule has 3 heterocycles. The van der Waals surface area contributed by atoms with E-state index in [9.17, 15) is 0 Å². The number of thiophene rings is 2. The van der Waals surface area contributed by atoms with Gasteiger partial charge in [-0.3, -0.25) is 0 Å². The van der Waals surface area contributed by atoms with Crippen LogP contribution in [0.25, 0.3) is 74.0 Å². The molecule has 0 amide bonds. The predicted molar refractivity (Wildman–Crippen MR) is 205 cm³/mol. The highest BCUT2D eigenvalue weighted by molar-refractivity contribution is 7.26. The quantitative estimate of drug-likeness (QED) is 0.186. The number of hydrogen-bond donors (Lipinski definition) is 0. The van der Waals surface area contributed by atoms with Crippen molar-refractivity contribution in [2.45, 2.75) is 0 Å². The molecule has 3 aromatic heterocycles. The van der Waals surface area contributed by atoms with Crippen LogP contribution in [0, 0.1) is 0 Å². The Hall–Kier alpha value is -5.75. The Morgan fingerprint density at radius 1 is 0.458 bits per heavy atom. The molecule has 0 aliphatic carbocycles. The van der Waals surface area contributed by atoms with E-state index in [2.05, 4.69) is 132 Å². The monoisotopic (exact) mass is 650 g/mol. The average molecular weight is 651 g/mol. The highest BCUT2D eigenvalue weighted by atomic mass is 32.1. The number of aromatic nitrogens is 1. The number of hydrogen-bond acceptors (Lipinski definition) is 5. The lowest BCUT2D eigenvalue weighted by Crippen LogP contribution is -2.09. The van der Waals surface area contributed by atoms with E-state index in [0.717, 1.165) is 33.7 Å². The van der Waals surface area contributed by atoms with E-state index in [1.807, 2.05) is 53.0 Å². The van der Waals surface area contributed by atoms with Crippen molar-refractivity contribution in [1.29, 1.82) is 0 Å². The number of fused-ring (bicyclic) bond motifs is 7. The van der Waals surface area contributed by atoms with Crippen molar-refractivity contribution in [3.05, 3.63) is 158 Å². The molecule has 0 aliphatic heterocycles. The second-order valence-electron chi connectivity index (χ2n) is 12.0. The van der Waals surface area contributed by atoms with E-state index in [1.165, 1.54) is 51.5 Å². The second-order valence-corrected chi connectivity index (χ2v) is 14.1. The molecule has 0 atom stereocenters. The summed E-state index contributed by atoms with van der Waals surface area (Å²) in [5.41, 5.74) is 8.46. The van der Waals surface area contributed by atoms with E-state index in [4.69, 9.17) is 9.40 Å². The van der Waals surface area contributed by atoms with Crippen LogP contribution in [-0.2, 0) is 0 Å². The molecule has 48 heavy (non-hydrogen) atoms. The molecule has 0 saturated heterocycles. The molecule has 3 nitrogen and oxygen atoms in total. The zero-order chi connectivity index (χ0) is 31.6. The summed E-state index contributed by atoms with van der Waals surface area (Å²) in [7, 11) is 0. The average Bonchev–Trinajstić information content (AvgIpc) is 3.85. The van der Waals surface area contributed by atoms with Gasteiger partial charge in [0.1, 0.15) is 5.52 Å². The lowest BCUT2D eigenvalue weighted by molar-refractivity contribution is 0.620. The van der Waals surface area contributed by atoms with Gasteiger partial charge in [-0.1, -0.05) is 97.1 Å². The molecule has 0 saturated carbocycles. The zero-order valence-corrected chi connectivity index (χ0v) is 27.3. The molecule has 7 aromatic carbocycles. The Labute approximate surface area is 284 Å². The van der Waals surface area contributed by atoms with Crippen molar-refractivity contribution in [2.75, 3.05) is 4.90 Å². The lowest BCUT2D eigenvalue weighted by atomic mass is 10.0. The number of oxazole rings is 1. The van der Waals surface area contributed by atoms with Crippen LogP contribution in [0.4, 0.5) is 17.1 Å². The molecule has 0 radical (unpaired) electrons. The third kappa shape index (κ3) is 4.43. The Morgan fingerprint density at radius 2 is 1.12 bits per heavy atom. The highest BCUT2D eigenvalue weighted by Crippen LogP contribution is 2.47. The largest absolute Gasteiger partial charge is 0.436 e. The summed E-state index contributed by atoms with van der Waals surface area (Å²) >= 11 is 3.66. The van der Waals surface area contributed by atoms with Crippen LogP contribution in [0.2, 0.25) is 0 Å². The van der Waals surface area contributed by atoms with Gasteiger partial charge >= 0.3 is 0 Å². The van der Waals surface area contributed by atoms with Gasteiger partial charge in [-0.2, -0.15) is 0 Å². The fraction of sp³-hybridized carbons (Fsp3) is 0. The topological polar surface area (TPSA) is 29.3 Å². The Morgan fingerprint density at radius 3 is 1.96 bits per heavy atom. The molecule has 0 unspecified atom stereocenters. The predicted octanol–water partition coefficient (Wildman–Crippen LogP) is 13.4. The van der Waals surface area contributed by atoms with Crippen LogP contribution < -0.4 is 4.90 Å². The molecule has 0 aliphatic rings. The molecule has 0 spiro atoms. The first-order valence-corrected chi connectivity index (χ1v) is 17.6. The van der Waals surface area contributed by atoms with Crippen molar-refractivity contribution >= 4 is 91.2 Å². The number of anilines is 3. The summed E-state index contributed by atoms with van der Waals surface area (Å²) in [5, 5.41) is 4.99. The van der Waals surface area contributed by atoms with Gasteiger partial charge in [-0.25, -0.2) is 4.98 Å². The fourth-order valence-corrected chi connectivity index (χ4v) is 9.16. The van der Waals surface area contributed by atoms with Gasteiger partial charge in [0.05, 0.1) is 10.4 Å². The summed E-state index contributed by atoms with van der Waals surface area (Å²) in [4.78, 5) is 7.28. The van der Waals surface area contributed by atoms with E-state index in [-0.39, 0.29) is 0 Å². The van der Waals surface area contributed by atoms with E-state index >= 15 is 0 Å². The molecule has 226 valence electrons. The van der Waals surface area contributed by atoms with Crippen molar-refractivity contribution in [1.82, 2.24) is 4.98 Å². The summed E-state index contributed by atoms with van der Waals surface area (Å²) < 4.78 is 11.3. The molecule has 0 fully saturated rings. The second kappa shape index (κ2) is 10.9. The van der Waals surface area contributed by atoms with Crippen molar-refractivity contribution in [3.8, 4) is 22.6 Å². The smallest absolute Gasteiger partial charge is 0.227 e. The molecule has 5 heteroatoms. The molecule has 0 N–H and O–H groups in total. The van der Waals surface area contributed by atoms with Gasteiger partial charge < -0.3 is 9.32 Å². The maximum absolute atomic E-state index is 6.29. The first kappa shape index (κ1) is 27.4. The van der Waals surface area contributed by atoms with Crippen molar-refractivity contribution < 1.29 is 4.42 Å². The van der Waals surface area contributed by atoms with Crippen molar-refractivity contribution in [2.24, 2.45) is 0 Å². The van der Waals surface area contributed by atoms with E-state index in [1.54, 1.807) is 0 Å². The standard InChI is InChI=1S/C43H26N2OS2/c1-3-10-27(11-4-1)28-18-20-30(21-19-28)45(31-22-23-33-32-14-7-8-17-39(32)47-40(33)24-31)37-16-9-15-34-35-25-38-36(26-41(35)48-42(34)37)44-43(46-38)29-12-5-2-6-13-29/h1-26H. The highest BCUT2D eigenvalue weighted by Gasteiger charge is 2.20. The van der Waals surface area contributed by atoms with Gasteiger partial charge in [0, 0.05) is 52.6 Å². The number of rotatable bonds is 5. The minimum Gasteiger partial charge on any atom is -0.436 e. The number of nitrogens with zero attached hydrogens (tertiary/aromatic N) is 2. The van der Waals surface area contributed by atoms with Crippen LogP contribution in [-0.4, -0.2) is 4.98 Å². The normalized spacial score (nSPS) is 11.8. The maximum atomic E-state index is 6.29. The summed E-state index contributed by atoms with van der Waals surface area (Å²) in [5.74, 6) is 0.648. The van der Waals surface area contributed by atoms with E-state index in [0.29, 0.717) is 5.89 Å². The maximum Gasteiger partial charge on any atom is 0.227 e. The first-order valence-electron chi connectivity index (χ1n) is 15.9. The Bertz CT molecular complexity index is 2780. The lowest BCUT2D eigenvalue weighted by Gasteiger charge is -2.26. The van der Waals surface area contributed by atoms with Crippen molar-refractivity contribution in [3.63, 3.8) is 0 Å².